The van der Waals surface area contributed by atoms with Crippen LogP contribution in [-0.4, -0.2) is 36.3 Å². The number of nitro groups is 2. The normalized spacial score (nSPS) is 10.9. The van der Waals surface area contributed by atoms with Gasteiger partial charge in [0, 0.05) is 18.7 Å². The van der Waals surface area contributed by atoms with E-state index in [4.69, 9.17) is 0 Å². The molecule has 0 unspecified atom stereocenters. The molecule has 0 saturated carbocycles. The van der Waals surface area contributed by atoms with Crippen LogP contribution >= 0.6 is 0 Å². The van der Waals surface area contributed by atoms with Crippen LogP contribution in [0.4, 0.5) is 17.1 Å². The molecule has 1 heterocycles. The number of hydrogen-bond acceptors (Lipinski definition) is 9. The van der Waals surface area contributed by atoms with E-state index in [9.17, 15) is 20.2 Å². The first-order chi connectivity index (χ1) is 16.0. The van der Waals surface area contributed by atoms with Gasteiger partial charge in [-0.05, 0) is 39.8 Å². The highest BCUT2D eigenvalue weighted by Crippen LogP contribution is 2.28. The third-order valence-corrected chi connectivity index (χ3v) is 4.69. The van der Waals surface area contributed by atoms with E-state index in [1.165, 1.54) is 12.3 Å². The molecule has 33 heavy (non-hydrogen) atoms. The van der Waals surface area contributed by atoms with Gasteiger partial charge in [-0.3, -0.25) is 25.7 Å². The third kappa shape index (κ3) is 4.85. The Balaban J connectivity index is 1.45. The minimum Gasteiger partial charge on any atom is -0.272 e. The first-order valence-electron chi connectivity index (χ1n) is 9.66. The van der Waals surface area contributed by atoms with Gasteiger partial charge in [0.15, 0.2) is 5.82 Å². The van der Waals surface area contributed by atoms with Crippen molar-refractivity contribution in [2.75, 3.05) is 5.43 Å². The van der Waals surface area contributed by atoms with Crippen molar-refractivity contribution in [1.29, 1.82) is 0 Å². The summed E-state index contributed by atoms with van der Waals surface area (Å²) in [7, 11) is 0. The molecule has 0 spiro atoms. The van der Waals surface area contributed by atoms with E-state index in [1.54, 1.807) is 4.68 Å². The predicted molar refractivity (Wildman–Crippen MR) is 120 cm³/mol. The van der Waals surface area contributed by atoms with Crippen molar-refractivity contribution in [3.05, 3.63) is 98.8 Å². The highest BCUT2D eigenvalue weighted by molar-refractivity contribution is 5.68. The zero-order chi connectivity index (χ0) is 23.2. The second kappa shape index (κ2) is 9.43. The fourth-order valence-corrected chi connectivity index (χ4v) is 3.08. The highest BCUT2D eigenvalue weighted by Gasteiger charge is 2.19. The molecule has 0 aliphatic rings. The second-order valence-electron chi connectivity index (χ2n) is 6.76. The summed E-state index contributed by atoms with van der Waals surface area (Å²) in [4.78, 5) is 20.6. The second-order valence-corrected chi connectivity index (χ2v) is 6.76. The maximum atomic E-state index is 11.2. The summed E-state index contributed by atoms with van der Waals surface area (Å²) < 4.78 is 1.56. The Hall–Kier alpha value is -5.00. The van der Waals surface area contributed by atoms with E-state index >= 15 is 0 Å². The van der Waals surface area contributed by atoms with Crippen molar-refractivity contribution >= 4 is 23.3 Å². The van der Waals surface area contributed by atoms with Crippen LogP contribution in [0.1, 0.15) is 5.82 Å². The summed E-state index contributed by atoms with van der Waals surface area (Å²) >= 11 is 0. The Morgan fingerprint density at radius 2 is 1.67 bits per heavy atom. The number of rotatable bonds is 8. The summed E-state index contributed by atoms with van der Waals surface area (Å²) in [5, 5.41) is 37.7. The topological polar surface area (TPSA) is 154 Å². The van der Waals surface area contributed by atoms with Gasteiger partial charge in [0.2, 0.25) is 0 Å². The highest BCUT2D eigenvalue weighted by atomic mass is 16.6. The molecule has 3 aromatic carbocycles. The molecule has 0 fully saturated rings. The van der Waals surface area contributed by atoms with Gasteiger partial charge >= 0.3 is 5.69 Å². The number of non-ortho nitro benzene ring substituents is 1. The Morgan fingerprint density at radius 1 is 0.939 bits per heavy atom. The smallest absolute Gasteiger partial charge is 0.272 e. The maximum absolute atomic E-state index is 11.2. The predicted octanol–water partition coefficient (Wildman–Crippen LogP) is 3.79. The minimum absolute atomic E-state index is 0.0259. The standard InChI is InChI=1S/C21H16N8O4/c30-28(31)18-10-11-19(20(14-18)29(32)33)23-22-13-12-21-24-25-26-27(21)17-8-6-16(7-9-17)15-4-2-1-3-5-15/h1-11,13-14,23H,12H2/b22-13+. The van der Waals surface area contributed by atoms with Crippen LogP contribution in [0.2, 0.25) is 0 Å². The number of hydrogen-bond donors (Lipinski definition) is 1. The number of anilines is 1. The summed E-state index contributed by atoms with van der Waals surface area (Å²) in [6, 6.07) is 21.0. The first-order valence-corrected chi connectivity index (χ1v) is 9.66. The Kier molecular flexibility index (Phi) is 6.07. The summed E-state index contributed by atoms with van der Waals surface area (Å²) in [6.45, 7) is 0. The molecule has 12 nitrogen and oxygen atoms in total. The van der Waals surface area contributed by atoms with Gasteiger partial charge in [-0.25, -0.2) is 0 Å². The summed E-state index contributed by atoms with van der Waals surface area (Å²) in [5.74, 6) is 0.506. The number of aromatic nitrogens is 4. The molecule has 0 bridgehead atoms. The molecule has 12 heteroatoms. The van der Waals surface area contributed by atoms with E-state index in [-0.39, 0.29) is 17.8 Å². The van der Waals surface area contributed by atoms with E-state index < -0.39 is 15.5 Å². The molecule has 0 amide bonds. The lowest BCUT2D eigenvalue weighted by molar-refractivity contribution is -0.393. The summed E-state index contributed by atoms with van der Waals surface area (Å²) in [6.07, 6.45) is 1.69. The number of hydrazone groups is 1. The zero-order valence-electron chi connectivity index (χ0n) is 17.0. The lowest BCUT2D eigenvalue weighted by Crippen LogP contribution is -2.05. The average molecular weight is 444 g/mol. The Bertz CT molecular complexity index is 1320. The van der Waals surface area contributed by atoms with E-state index in [0.717, 1.165) is 28.9 Å². The van der Waals surface area contributed by atoms with Crippen molar-refractivity contribution in [3.8, 4) is 16.8 Å². The molecule has 1 aromatic heterocycles. The molecule has 0 atom stereocenters. The molecule has 4 rings (SSSR count). The van der Waals surface area contributed by atoms with Crippen LogP contribution in [0.15, 0.2) is 77.9 Å². The summed E-state index contributed by atoms with van der Waals surface area (Å²) in [5.41, 5.74) is 4.65. The Labute approximate surface area is 186 Å². The fraction of sp³-hybridized carbons (Fsp3) is 0.0476. The van der Waals surface area contributed by atoms with Crippen molar-refractivity contribution in [3.63, 3.8) is 0 Å². The van der Waals surface area contributed by atoms with Gasteiger partial charge in [-0.15, -0.1) is 5.10 Å². The number of nitrogens with one attached hydrogen (secondary N) is 1. The van der Waals surface area contributed by atoms with Crippen molar-refractivity contribution in [1.82, 2.24) is 20.2 Å². The molecule has 0 aliphatic carbocycles. The molecule has 0 aliphatic heterocycles. The lowest BCUT2D eigenvalue weighted by atomic mass is 10.1. The van der Waals surface area contributed by atoms with Crippen LogP contribution in [0.3, 0.4) is 0 Å². The van der Waals surface area contributed by atoms with E-state index in [1.807, 2.05) is 54.6 Å². The monoisotopic (exact) mass is 444 g/mol. The van der Waals surface area contributed by atoms with Crippen molar-refractivity contribution in [2.45, 2.75) is 6.42 Å². The number of nitro benzene ring substituents is 2. The molecular weight excluding hydrogens is 428 g/mol. The largest absolute Gasteiger partial charge is 0.301 e. The van der Waals surface area contributed by atoms with Gasteiger partial charge in [-0.2, -0.15) is 9.78 Å². The molecule has 1 N–H and O–H groups in total. The fourth-order valence-electron chi connectivity index (χ4n) is 3.08. The van der Waals surface area contributed by atoms with Gasteiger partial charge in [0.1, 0.15) is 5.69 Å². The molecule has 0 radical (unpaired) electrons. The van der Waals surface area contributed by atoms with Gasteiger partial charge in [0.05, 0.1) is 21.6 Å². The molecule has 0 saturated heterocycles. The van der Waals surface area contributed by atoms with Crippen LogP contribution in [0, 0.1) is 20.2 Å². The zero-order valence-corrected chi connectivity index (χ0v) is 17.0. The van der Waals surface area contributed by atoms with Gasteiger partial charge in [-0.1, -0.05) is 42.5 Å². The van der Waals surface area contributed by atoms with Gasteiger partial charge < -0.3 is 0 Å². The van der Waals surface area contributed by atoms with Crippen LogP contribution in [0.5, 0.6) is 0 Å². The maximum Gasteiger partial charge on any atom is 0.301 e. The minimum atomic E-state index is -0.718. The quantitative estimate of drug-likeness (QED) is 0.244. The first kappa shape index (κ1) is 21.2. The molecule has 4 aromatic rings. The van der Waals surface area contributed by atoms with E-state index in [2.05, 4.69) is 26.1 Å². The van der Waals surface area contributed by atoms with Crippen LogP contribution in [0.25, 0.3) is 16.8 Å². The Morgan fingerprint density at radius 3 is 2.36 bits per heavy atom. The van der Waals surface area contributed by atoms with E-state index in [0.29, 0.717) is 5.82 Å². The van der Waals surface area contributed by atoms with Crippen molar-refractivity contribution in [2.24, 2.45) is 5.10 Å². The average Bonchev–Trinajstić information content (AvgIpc) is 3.31. The molecule has 164 valence electrons. The van der Waals surface area contributed by atoms with Gasteiger partial charge in [0.25, 0.3) is 5.69 Å². The number of benzene rings is 3. The third-order valence-electron chi connectivity index (χ3n) is 4.69. The SMILES string of the molecule is O=[N+]([O-])c1ccc(N/N=C/Cc2nnnn2-c2ccc(-c3ccccc3)cc2)c([N+](=O)[O-])c1. The lowest BCUT2D eigenvalue weighted by Gasteiger charge is -2.05. The van der Waals surface area contributed by atoms with Crippen LogP contribution in [-0.2, 0) is 6.42 Å². The van der Waals surface area contributed by atoms with Crippen LogP contribution < -0.4 is 5.43 Å². The number of nitrogens with zero attached hydrogens (tertiary/aromatic N) is 7. The van der Waals surface area contributed by atoms with Crippen molar-refractivity contribution < 1.29 is 9.85 Å². The number of tetrazole rings is 1. The molecular formula is C21H16N8O4.